The van der Waals surface area contributed by atoms with Gasteiger partial charge < -0.3 is 14.6 Å². The van der Waals surface area contributed by atoms with Crippen molar-refractivity contribution in [3.63, 3.8) is 0 Å². The lowest BCUT2D eigenvalue weighted by molar-refractivity contribution is 0.208. The van der Waals surface area contributed by atoms with Crippen LogP contribution >= 0.6 is 0 Å². The van der Waals surface area contributed by atoms with Gasteiger partial charge in [0.05, 0.1) is 6.61 Å². The molecule has 0 radical (unpaired) electrons. The quantitative estimate of drug-likeness (QED) is 0.848. The van der Waals surface area contributed by atoms with E-state index in [1.54, 1.807) is 0 Å². The third-order valence-corrected chi connectivity index (χ3v) is 4.80. The Kier molecular flexibility index (Phi) is 5.04. The fourth-order valence-electron chi connectivity index (χ4n) is 3.50. The highest BCUT2D eigenvalue weighted by Gasteiger charge is 2.22. The number of likely N-dealkylation sites (tertiary alicyclic amines) is 1. The van der Waals surface area contributed by atoms with Gasteiger partial charge in [-0.2, -0.15) is 0 Å². The number of rotatable bonds is 6. The number of nitrogens with one attached hydrogen (secondary N) is 1. The van der Waals surface area contributed by atoms with Gasteiger partial charge in [0, 0.05) is 22.5 Å². The average molecular weight is 300 g/mol. The highest BCUT2D eigenvalue weighted by molar-refractivity contribution is 5.86. The van der Waals surface area contributed by atoms with E-state index in [0.29, 0.717) is 5.92 Å². The second-order valence-corrected chi connectivity index (χ2v) is 6.34. The lowest BCUT2D eigenvalue weighted by atomic mass is 9.93. The van der Waals surface area contributed by atoms with Gasteiger partial charge in [0.2, 0.25) is 0 Å². The fourth-order valence-corrected chi connectivity index (χ4v) is 3.50. The van der Waals surface area contributed by atoms with Crippen LogP contribution in [0.5, 0.6) is 5.75 Å². The first-order chi connectivity index (χ1) is 10.8. The van der Waals surface area contributed by atoms with E-state index in [-0.39, 0.29) is 0 Å². The number of hydrogen-bond donors (Lipinski definition) is 1. The SMILES string of the molecule is CCCCN1CCC(c2cc3c(OCC)cccc3[nH]2)CC1. The molecule has 0 atom stereocenters. The Balaban J connectivity index is 1.71. The summed E-state index contributed by atoms with van der Waals surface area (Å²) in [6.07, 6.45) is 5.15. The molecule has 1 fully saturated rings. The molecular formula is C19H28N2O. The molecule has 0 unspecified atom stereocenters. The van der Waals surface area contributed by atoms with Gasteiger partial charge in [0.25, 0.3) is 0 Å². The first-order valence-corrected chi connectivity index (χ1v) is 8.78. The smallest absolute Gasteiger partial charge is 0.128 e. The van der Waals surface area contributed by atoms with Gasteiger partial charge in [-0.05, 0) is 64.0 Å². The minimum atomic E-state index is 0.666. The molecule has 0 spiro atoms. The highest BCUT2D eigenvalue weighted by Crippen LogP contribution is 2.33. The molecule has 1 aromatic carbocycles. The van der Waals surface area contributed by atoms with Crippen molar-refractivity contribution in [3.05, 3.63) is 30.0 Å². The van der Waals surface area contributed by atoms with Gasteiger partial charge in [-0.3, -0.25) is 0 Å². The Morgan fingerprint density at radius 3 is 2.77 bits per heavy atom. The molecule has 3 heteroatoms. The molecule has 2 aromatic rings. The topological polar surface area (TPSA) is 28.3 Å². The zero-order chi connectivity index (χ0) is 15.4. The Labute approximate surface area is 133 Å². The molecule has 1 aliphatic rings. The van der Waals surface area contributed by atoms with Crippen LogP contribution in [0.15, 0.2) is 24.3 Å². The molecule has 120 valence electrons. The van der Waals surface area contributed by atoms with E-state index in [1.807, 2.05) is 6.92 Å². The van der Waals surface area contributed by atoms with E-state index in [9.17, 15) is 0 Å². The maximum Gasteiger partial charge on any atom is 0.128 e. The molecule has 0 amide bonds. The third-order valence-electron chi connectivity index (χ3n) is 4.80. The summed E-state index contributed by atoms with van der Waals surface area (Å²) in [6, 6.07) is 8.60. The van der Waals surface area contributed by atoms with Gasteiger partial charge in [-0.25, -0.2) is 0 Å². The first-order valence-electron chi connectivity index (χ1n) is 8.78. The summed E-state index contributed by atoms with van der Waals surface area (Å²) in [4.78, 5) is 6.24. The predicted molar refractivity (Wildman–Crippen MR) is 92.8 cm³/mol. The average Bonchev–Trinajstić information content (AvgIpc) is 2.99. The van der Waals surface area contributed by atoms with Gasteiger partial charge in [-0.15, -0.1) is 0 Å². The molecule has 1 saturated heterocycles. The maximum absolute atomic E-state index is 5.75. The van der Waals surface area contributed by atoms with Crippen LogP contribution in [0.2, 0.25) is 0 Å². The summed E-state index contributed by atoms with van der Waals surface area (Å²) in [6.45, 7) is 8.77. The number of aromatic nitrogens is 1. The van der Waals surface area contributed by atoms with Crippen LogP contribution in [-0.2, 0) is 0 Å². The second kappa shape index (κ2) is 7.19. The van der Waals surface area contributed by atoms with Crippen LogP contribution in [-0.4, -0.2) is 36.1 Å². The number of benzene rings is 1. The maximum atomic E-state index is 5.75. The van der Waals surface area contributed by atoms with Crippen molar-refractivity contribution in [1.82, 2.24) is 9.88 Å². The minimum Gasteiger partial charge on any atom is -0.493 e. The zero-order valence-corrected chi connectivity index (χ0v) is 13.9. The van der Waals surface area contributed by atoms with Crippen LogP contribution in [0, 0.1) is 0 Å². The van der Waals surface area contributed by atoms with E-state index in [0.717, 1.165) is 12.4 Å². The number of piperidine rings is 1. The predicted octanol–water partition coefficient (Wildman–Crippen LogP) is 4.55. The Bertz CT molecular complexity index is 597. The van der Waals surface area contributed by atoms with Gasteiger partial charge in [0.1, 0.15) is 5.75 Å². The number of ether oxygens (including phenoxy) is 1. The number of hydrogen-bond acceptors (Lipinski definition) is 2. The van der Waals surface area contributed by atoms with Crippen molar-refractivity contribution < 1.29 is 4.74 Å². The van der Waals surface area contributed by atoms with Crippen molar-refractivity contribution in [2.75, 3.05) is 26.2 Å². The van der Waals surface area contributed by atoms with Crippen molar-refractivity contribution in [2.24, 2.45) is 0 Å². The normalized spacial score (nSPS) is 17.2. The molecule has 2 heterocycles. The van der Waals surface area contributed by atoms with Crippen molar-refractivity contribution in [1.29, 1.82) is 0 Å². The minimum absolute atomic E-state index is 0.666. The number of fused-ring (bicyclic) bond motifs is 1. The number of H-pyrrole nitrogens is 1. The molecule has 0 bridgehead atoms. The molecule has 3 nitrogen and oxygen atoms in total. The first kappa shape index (κ1) is 15.4. The standard InChI is InChI=1S/C19H28N2O/c1-3-5-11-21-12-9-15(10-13-21)18-14-16-17(20-18)7-6-8-19(16)22-4-2/h6-8,14-15,20H,3-5,9-13H2,1-2H3. The van der Waals surface area contributed by atoms with Crippen LogP contribution in [0.25, 0.3) is 10.9 Å². The summed E-state index contributed by atoms with van der Waals surface area (Å²) in [5, 5.41) is 1.23. The largest absolute Gasteiger partial charge is 0.493 e. The van der Waals surface area contributed by atoms with E-state index in [4.69, 9.17) is 4.74 Å². The summed E-state index contributed by atoms with van der Waals surface area (Å²) in [7, 11) is 0. The van der Waals surface area contributed by atoms with Gasteiger partial charge in [0.15, 0.2) is 0 Å². The molecule has 3 rings (SSSR count). The highest BCUT2D eigenvalue weighted by atomic mass is 16.5. The molecular weight excluding hydrogens is 272 g/mol. The lowest BCUT2D eigenvalue weighted by Gasteiger charge is -2.31. The fraction of sp³-hybridized carbons (Fsp3) is 0.579. The molecule has 0 aliphatic carbocycles. The Hall–Kier alpha value is -1.48. The van der Waals surface area contributed by atoms with E-state index >= 15 is 0 Å². The zero-order valence-electron chi connectivity index (χ0n) is 13.9. The van der Waals surface area contributed by atoms with Gasteiger partial charge in [-0.1, -0.05) is 19.4 Å². The Morgan fingerprint density at radius 1 is 1.23 bits per heavy atom. The molecule has 1 N–H and O–H groups in total. The summed E-state index contributed by atoms with van der Waals surface area (Å²) in [5.41, 5.74) is 2.59. The Morgan fingerprint density at radius 2 is 2.05 bits per heavy atom. The summed E-state index contributed by atoms with van der Waals surface area (Å²) >= 11 is 0. The monoisotopic (exact) mass is 300 g/mol. The van der Waals surface area contributed by atoms with E-state index in [1.165, 1.54) is 61.9 Å². The lowest BCUT2D eigenvalue weighted by Crippen LogP contribution is -2.33. The van der Waals surface area contributed by atoms with Gasteiger partial charge >= 0.3 is 0 Å². The number of nitrogens with zero attached hydrogens (tertiary/aromatic N) is 1. The van der Waals surface area contributed by atoms with Crippen molar-refractivity contribution in [3.8, 4) is 5.75 Å². The molecule has 1 aliphatic heterocycles. The third kappa shape index (κ3) is 3.30. The van der Waals surface area contributed by atoms with Crippen molar-refractivity contribution in [2.45, 2.75) is 45.4 Å². The van der Waals surface area contributed by atoms with Crippen LogP contribution < -0.4 is 4.74 Å². The van der Waals surface area contributed by atoms with Crippen LogP contribution in [0.1, 0.15) is 51.1 Å². The number of unbranched alkanes of at least 4 members (excludes halogenated alkanes) is 1. The van der Waals surface area contributed by atoms with E-state index in [2.05, 4.69) is 41.1 Å². The second-order valence-electron chi connectivity index (χ2n) is 6.34. The van der Waals surface area contributed by atoms with Crippen molar-refractivity contribution >= 4 is 10.9 Å². The molecule has 1 aromatic heterocycles. The summed E-state index contributed by atoms with van der Waals surface area (Å²) < 4.78 is 5.75. The molecule has 22 heavy (non-hydrogen) atoms. The summed E-state index contributed by atoms with van der Waals surface area (Å²) in [5.74, 6) is 1.67. The molecule has 0 saturated carbocycles. The van der Waals surface area contributed by atoms with Crippen LogP contribution in [0.3, 0.4) is 0 Å². The number of aromatic amines is 1. The van der Waals surface area contributed by atoms with E-state index < -0.39 is 0 Å². The van der Waals surface area contributed by atoms with Crippen LogP contribution in [0.4, 0.5) is 0 Å².